The van der Waals surface area contributed by atoms with Gasteiger partial charge in [0.2, 0.25) is 11.0 Å². The third-order valence-corrected chi connectivity index (χ3v) is 2.63. The largest absolute Gasteiger partial charge is 0.452 e. The van der Waals surface area contributed by atoms with Crippen molar-refractivity contribution in [3.8, 4) is 0 Å². The number of halogens is 3. The van der Waals surface area contributed by atoms with Gasteiger partial charge in [-0.25, -0.2) is 0 Å². The molecule has 1 rings (SSSR count). The van der Waals surface area contributed by atoms with Gasteiger partial charge in [0, 0.05) is 24.6 Å². The molecule has 0 fully saturated rings. The van der Waals surface area contributed by atoms with Gasteiger partial charge in [0.05, 0.1) is 5.60 Å². The molecule has 1 heterocycles. The first-order valence-corrected chi connectivity index (χ1v) is 5.89. The van der Waals surface area contributed by atoms with E-state index in [2.05, 4.69) is 14.7 Å². The number of likely N-dealkylation sites (N-methyl/N-ethyl adjacent to an activating group) is 1. The second kappa shape index (κ2) is 5.37. The summed E-state index contributed by atoms with van der Waals surface area (Å²) >= 11 is 0.619. The lowest BCUT2D eigenvalue weighted by Gasteiger charge is -2.26. The fourth-order valence-corrected chi connectivity index (χ4v) is 1.99. The van der Waals surface area contributed by atoms with E-state index < -0.39 is 17.6 Å². The van der Waals surface area contributed by atoms with Crippen molar-refractivity contribution in [2.24, 2.45) is 0 Å². The van der Waals surface area contributed by atoms with E-state index in [9.17, 15) is 18.3 Å². The van der Waals surface area contributed by atoms with Gasteiger partial charge in [0.1, 0.15) is 0 Å². The smallest absolute Gasteiger partial charge is 0.387 e. The number of nitrogens with zero attached hydrogens (tertiary/aromatic N) is 3. The standard InChI is InChI=1S/C9H15F3N4OS/c1-8(17,5-16(2)3)4-13-7-14-6(15-18-7)9(10,11)12/h17H,4-5H2,1-3H3,(H,13,14,15). The zero-order chi connectivity index (χ0) is 14.0. The first-order chi connectivity index (χ1) is 8.10. The molecule has 1 unspecified atom stereocenters. The summed E-state index contributed by atoms with van der Waals surface area (Å²) in [5.41, 5.74) is -1.06. The number of anilines is 1. The lowest BCUT2D eigenvalue weighted by Crippen LogP contribution is -2.43. The lowest BCUT2D eigenvalue weighted by atomic mass is 10.1. The molecule has 0 aliphatic rings. The van der Waals surface area contributed by atoms with E-state index in [0.717, 1.165) is 0 Å². The topological polar surface area (TPSA) is 61.3 Å². The molecule has 0 saturated heterocycles. The molecular formula is C9H15F3N4OS. The number of rotatable bonds is 5. The van der Waals surface area contributed by atoms with Crippen LogP contribution in [0.1, 0.15) is 12.7 Å². The maximum absolute atomic E-state index is 12.2. The molecule has 0 spiro atoms. The third-order valence-electron chi connectivity index (χ3n) is 1.96. The highest BCUT2D eigenvalue weighted by Gasteiger charge is 2.36. The molecule has 0 aliphatic heterocycles. The Morgan fingerprint density at radius 3 is 2.44 bits per heavy atom. The molecule has 5 nitrogen and oxygen atoms in total. The van der Waals surface area contributed by atoms with E-state index in [1.165, 1.54) is 0 Å². The highest BCUT2D eigenvalue weighted by Crippen LogP contribution is 2.29. The van der Waals surface area contributed by atoms with Gasteiger partial charge in [-0.2, -0.15) is 22.5 Å². The molecule has 0 bridgehead atoms. The van der Waals surface area contributed by atoms with Crippen molar-refractivity contribution < 1.29 is 18.3 Å². The van der Waals surface area contributed by atoms with Crippen LogP contribution >= 0.6 is 11.5 Å². The van der Waals surface area contributed by atoms with E-state index in [4.69, 9.17) is 0 Å². The lowest BCUT2D eigenvalue weighted by molar-refractivity contribution is -0.144. The van der Waals surface area contributed by atoms with Gasteiger partial charge in [-0.3, -0.25) is 0 Å². The molecule has 104 valence electrons. The quantitative estimate of drug-likeness (QED) is 0.853. The van der Waals surface area contributed by atoms with Crippen molar-refractivity contribution in [2.45, 2.75) is 18.7 Å². The summed E-state index contributed by atoms with van der Waals surface area (Å²) in [4.78, 5) is 5.09. The molecule has 18 heavy (non-hydrogen) atoms. The van der Waals surface area contributed by atoms with Crippen LogP contribution in [-0.2, 0) is 6.18 Å². The fraction of sp³-hybridized carbons (Fsp3) is 0.778. The van der Waals surface area contributed by atoms with Gasteiger partial charge >= 0.3 is 6.18 Å². The van der Waals surface area contributed by atoms with Gasteiger partial charge in [-0.15, -0.1) is 0 Å². The summed E-state index contributed by atoms with van der Waals surface area (Å²) in [6.45, 7) is 2.06. The molecule has 0 amide bonds. The molecule has 9 heteroatoms. The van der Waals surface area contributed by atoms with Crippen molar-refractivity contribution in [2.75, 3.05) is 32.5 Å². The van der Waals surface area contributed by atoms with Crippen LogP contribution in [0.15, 0.2) is 0 Å². The Balaban J connectivity index is 2.56. The molecular weight excluding hydrogens is 269 g/mol. The SMILES string of the molecule is CN(C)CC(C)(O)CNc1nc(C(F)(F)F)ns1. The second-order valence-corrected chi connectivity index (χ2v) is 5.26. The summed E-state index contributed by atoms with van der Waals surface area (Å²) < 4.78 is 39.9. The Bertz CT molecular complexity index is 391. The number of hydrogen-bond donors (Lipinski definition) is 2. The van der Waals surface area contributed by atoms with Gasteiger partial charge in [0.15, 0.2) is 0 Å². The zero-order valence-corrected chi connectivity index (χ0v) is 11.1. The van der Waals surface area contributed by atoms with Crippen LogP contribution in [0.3, 0.4) is 0 Å². The van der Waals surface area contributed by atoms with Crippen LogP contribution in [0.25, 0.3) is 0 Å². The zero-order valence-electron chi connectivity index (χ0n) is 10.2. The molecule has 1 aromatic rings. The Morgan fingerprint density at radius 1 is 1.39 bits per heavy atom. The Kier molecular flexibility index (Phi) is 4.51. The predicted octanol–water partition coefficient (Wildman–Crippen LogP) is 1.28. The van der Waals surface area contributed by atoms with Crippen LogP contribution in [0.2, 0.25) is 0 Å². The number of nitrogens with one attached hydrogen (secondary N) is 1. The summed E-state index contributed by atoms with van der Waals surface area (Å²) in [6, 6.07) is 0. The number of aliphatic hydroxyl groups is 1. The Hall–Kier alpha value is -0.930. The molecule has 1 atom stereocenters. The van der Waals surface area contributed by atoms with Gasteiger partial charge in [-0.1, -0.05) is 0 Å². The average Bonchev–Trinajstić information content (AvgIpc) is 2.60. The van der Waals surface area contributed by atoms with E-state index in [0.29, 0.717) is 18.1 Å². The van der Waals surface area contributed by atoms with E-state index in [1.807, 2.05) is 0 Å². The van der Waals surface area contributed by atoms with E-state index >= 15 is 0 Å². The fourth-order valence-electron chi connectivity index (χ4n) is 1.41. The highest BCUT2D eigenvalue weighted by molar-refractivity contribution is 7.09. The molecule has 0 radical (unpaired) electrons. The highest BCUT2D eigenvalue weighted by atomic mass is 32.1. The molecule has 0 aromatic carbocycles. The predicted molar refractivity (Wildman–Crippen MR) is 62.6 cm³/mol. The maximum Gasteiger partial charge on any atom is 0.452 e. The summed E-state index contributed by atoms with van der Waals surface area (Å²) in [7, 11) is 3.59. The minimum Gasteiger partial charge on any atom is -0.387 e. The van der Waals surface area contributed by atoms with Gasteiger partial charge < -0.3 is 15.3 Å². The van der Waals surface area contributed by atoms with E-state index in [1.54, 1.807) is 25.9 Å². The minimum absolute atomic E-state index is 0.0429. The molecule has 0 aliphatic carbocycles. The normalized spacial score (nSPS) is 15.8. The van der Waals surface area contributed by atoms with Crippen molar-refractivity contribution in [3.63, 3.8) is 0 Å². The monoisotopic (exact) mass is 284 g/mol. The van der Waals surface area contributed by atoms with Crippen molar-refractivity contribution in [3.05, 3.63) is 5.82 Å². The van der Waals surface area contributed by atoms with Crippen LogP contribution in [0.4, 0.5) is 18.3 Å². The van der Waals surface area contributed by atoms with Crippen LogP contribution < -0.4 is 5.32 Å². The van der Waals surface area contributed by atoms with Gasteiger partial charge in [-0.05, 0) is 21.0 Å². The summed E-state index contributed by atoms with van der Waals surface area (Å²) in [5, 5.41) is 12.6. The van der Waals surface area contributed by atoms with Crippen molar-refractivity contribution >= 4 is 16.7 Å². The first-order valence-electron chi connectivity index (χ1n) is 5.12. The first kappa shape index (κ1) is 15.1. The summed E-state index contributed by atoms with van der Waals surface area (Å²) in [6.07, 6.45) is -4.54. The number of hydrogen-bond acceptors (Lipinski definition) is 6. The molecule has 2 N–H and O–H groups in total. The molecule has 0 saturated carbocycles. The number of alkyl halides is 3. The Morgan fingerprint density at radius 2 is 2.00 bits per heavy atom. The minimum atomic E-state index is -4.54. The second-order valence-electron chi connectivity index (χ2n) is 4.51. The maximum atomic E-state index is 12.2. The average molecular weight is 284 g/mol. The van der Waals surface area contributed by atoms with Gasteiger partial charge in [0.25, 0.3) is 0 Å². The summed E-state index contributed by atoms with van der Waals surface area (Å²) in [5.74, 6) is -1.16. The van der Waals surface area contributed by atoms with E-state index in [-0.39, 0.29) is 11.7 Å². The van der Waals surface area contributed by atoms with Crippen LogP contribution in [0, 0.1) is 0 Å². The molecule has 1 aromatic heterocycles. The number of aromatic nitrogens is 2. The Labute approximate surface area is 107 Å². The van der Waals surface area contributed by atoms with Crippen LogP contribution in [-0.4, -0.2) is 52.1 Å². The van der Waals surface area contributed by atoms with Crippen LogP contribution in [0.5, 0.6) is 0 Å². The third kappa shape index (κ3) is 4.75. The van der Waals surface area contributed by atoms with Crippen molar-refractivity contribution in [1.29, 1.82) is 0 Å². The van der Waals surface area contributed by atoms with Crippen molar-refractivity contribution in [1.82, 2.24) is 14.3 Å².